The van der Waals surface area contributed by atoms with Crippen molar-refractivity contribution in [1.82, 2.24) is 25.4 Å². The molecule has 0 bridgehead atoms. The van der Waals surface area contributed by atoms with E-state index in [-0.39, 0.29) is 6.54 Å². The maximum absolute atomic E-state index is 14.8. The van der Waals surface area contributed by atoms with Crippen LogP contribution in [0, 0.1) is 0 Å². The zero-order valence-corrected chi connectivity index (χ0v) is 14.1. The Labute approximate surface area is 149 Å². The van der Waals surface area contributed by atoms with Crippen LogP contribution >= 0.6 is 0 Å². The number of alkyl halides is 1. The van der Waals surface area contributed by atoms with Crippen molar-refractivity contribution in [2.24, 2.45) is 0 Å². The summed E-state index contributed by atoms with van der Waals surface area (Å²) in [7, 11) is 0. The van der Waals surface area contributed by atoms with E-state index in [1.807, 2.05) is 24.3 Å². The molecule has 3 heterocycles. The van der Waals surface area contributed by atoms with Gasteiger partial charge in [-0.15, -0.1) is 10.2 Å². The second-order valence-corrected chi connectivity index (χ2v) is 6.24. The molecule has 0 saturated carbocycles. The Morgan fingerprint density at radius 2 is 2.04 bits per heavy atom. The lowest BCUT2D eigenvalue weighted by molar-refractivity contribution is 0.203. The third-order valence-electron chi connectivity index (χ3n) is 4.20. The van der Waals surface area contributed by atoms with E-state index in [1.165, 1.54) is 6.92 Å². The summed E-state index contributed by atoms with van der Waals surface area (Å²) in [5.41, 5.74) is 1.39. The minimum Gasteiger partial charge on any atom is -0.365 e. The molecule has 0 aliphatic carbocycles. The molecule has 6 nitrogen and oxygen atoms in total. The van der Waals surface area contributed by atoms with Gasteiger partial charge in [0.25, 0.3) is 0 Å². The zero-order valence-electron chi connectivity index (χ0n) is 14.1. The number of H-pyrrole nitrogens is 1. The van der Waals surface area contributed by atoms with Crippen molar-refractivity contribution >= 4 is 16.7 Å². The van der Waals surface area contributed by atoms with E-state index in [2.05, 4.69) is 30.7 Å². The number of hydrogen-bond acceptors (Lipinski definition) is 5. The predicted molar refractivity (Wildman–Crippen MR) is 98.3 cm³/mol. The fourth-order valence-corrected chi connectivity index (χ4v) is 2.70. The van der Waals surface area contributed by atoms with Gasteiger partial charge < -0.3 is 5.32 Å². The van der Waals surface area contributed by atoms with Crippen LogP contribution in [0.15, 0.2) is 60.9 Å². The van der Waals surface area contributed by atoms with Crippen molar-refractivity contribution in [3.05, 3.63) is 66.6 Å². The van der Waals surface area contributed by atoms with Crippen LogP contribution in [0.3, 0.4) is 0 Å². The van der Waals surface area contributed by atoms with Gasteiger partial charge in [-0.2, -0.15) is 5.10 Å². The number of anilines is 1. The smallest absolute Gasteiger partial charge is 0.167 e. The summed E-state index contributed by atoms with van der Waals surface area (Å²) in [6.07, 6.45) is 3.35. The quantitative estimate of drug-likeness (QED) is 0.575. The van der Waals surface area contributed by atoms with Gasteiger partial charge >= 0.3 is 0 Å². The van der Waals surface area contributed by atoms with E-state index in [4.69, 9.17) is 0 Å². The summed E-state index contributed by atoms with van der Waals surface area (Å²) < 4.78 is 14.8. The van der Waals surface area contributed by atoms with Crippen LogP contribution in [0.25, 0.3) is 22.2 Å². The molecule has 7 heteroatoms. The summed E-state index contributed by atoms with van der Waals surface area (Å²) in [5, 5.41) is 19.3. The summed E-state index contributed by atoms with van der Waals surface area (Å²) >= 11 is 0. The van der Waals surface area contributed by atoms with Gasteiger partial charge in [0, 0.05) is 17.1 Å². The van der Waals surface area contributed by atoms with Crippen LogP contribution in [0.1, 0.15) is 12.6 Å². The lowest BCUT2D eigenvalue weighted by Gasteiger charge is -2.20. The molecule has 4 aromatic rings. The van der Waals surface area contributed by atoms with Crippen molar-refractivity contribution in [2.75, 3.05) is 11.9 Å². The van der Waals surface area contributed by atoms with Crippen LogP contribution in [-0.2, 0) is 5.67 Å². The maximum atomic E-state index is 14.8. The van der Waals surface area contributed by atoms with Gasteiger partial charge in [-0.05, 0) is 37.3 Å². The molecule has 0 fully saturated rings. The minimum atomic E-state index is -1.60. The number of fused-ring (bicyclic) bond motifs is 1. The van der Waals surface area contributed by atoms with Crippen molar-refractivity contribution < 1.29 is 4.39 Å². The number of aromatic amines is 1. The Morgan fingerprint density at radius 1 is 1.12 bits per heavy atom. The van der Waals surface area contributed by atoms with Crippen molar-refractivity contribution in [2.45, 2.75) is 12.6 Å². The number of aromatic nitrogens is 5. The predicted octanol–water partition coefficient (Wildman–Crippen LogP) is 3.71. The molecule has 0 saturated heterocycles. The molecule has 1 unspecified atom stereocenters. The molecule has 1 atom stereocenters. The second-order valence-electron chi connectivity index (χ2n) is 6.24. The van der Waals surface area contributed by atoms with Gasteiger partial charge in [-0.25, -0.2) is 4.39 Å². The summed E-state index contributed by atoms with van der Waals surface area (Å²) in [5.74, 6) is 0.510. The van der Waals surface area contributed by atoms with Gasteiger partial charge in [0.15, 0.2) is 5.67 Å². The molecular formula is C19H17FN6. The highest BCUT2D eigenvalue weighted by Gasteiger charge is 2.27. The average Bonchev–Trinajstić information content (AvgIpc) is 3.15. The Morgan fingerprint density at radius 3 is 2.81 bits per heavy atom. The Kier molecular flexibility index (Phi) is 4.04. The second kappa shape index (κ2) is 6.51. The maximum Gasteiger partial charge on any atom is 0.167 e. The van der Waals surface area contributed by atoms with Crippen LogP contribution < -0.4 is 5.32 Å². The van der Waals surface area contributed by atoms with Gasteiger partial charge in [0.1, 0.15) is 5.82 Å². The van der Waals surface area contributed by atoms with Crippen LogP contribution in [0.4, 0.5) is 10.2 Å². The molecule has 26 heavy (non-hydrogen) atoms. The Bertz CT molecular complexity index is 1010. The molecule has 4 rings (SSSR count). The van der Waals surface area contributed by atoms with Crippen LogP contribution in [-0.4, -0.2) is 31.9 Å². The minimum absolute atomic E-state index is 0.0537. The summed E-state index contributed by atoms with van der Waals surface area (Å²) in [6, 6.07) is 14.7. The van der Waals surface area contributed by atoms with E-state index < -0.39 is 5.67 Å². The number of pyridine rings is 1. The fourth-order valence-electron chi connectivity index (χ4n) is 2.70. The highest BCUT2D eigenvalue weighted by molar-refractivity contribution is 5.83. The third kappa shape index (κ3) is 3.23. The van der Waals surface area contributed by atoms with Gasteiger partial charge in [-0.3, -0.25) is 10.1 Å². The summed E-state index contributed by atoms with van der Waals surface area (Å²) in [6.45, 7) is 1.54. The largest absolute Gasteiger partial charge is 0.365 e. The van der Waals surface area contributed by atoms with Gasteiger partial charge in [0.05, 0.1) is 29.6 Å². The third-order valence-corrected chi connectivity index (χ3v) is 4.20. The Balaban J connectivity index is 1.47. The average molecular weight is 348 g/mol. The van der Waals surface area contributed by atoms with E-state index >= 15 is 0 Å². The van der Waals surface area contributed by atoms with E-state index in [0.29, 0.717) is 11.5 Å². The van der Waals surface area contributed by atoms with Crippen LogP contribution in [0.5, 0.6) is 0 Å². The number of nitrogens with zero attached hydrogens (tertiary/aromatic N) is 4. The normalized spacial score (nSPS) is 13.5. The molecule has 0 radical (unpaired) electrons. The molecule has 130 valence electrons. The zero-order chi connectivity index (χ0) is 18.0. The lowest BCUT2D eigenvalue weighted by Crippen LogP contribution is -2.27. The fraction of sp³-hybridized carbons (Fsp3) is 0.158. The highest BCUT2D eigenvalue weighted by Crippen LogP contribution is 2.24. The first-order chi connectivity index (χ1) is 12.6. The molecule has 1 aromatic carbocycles. The van der Waals surface area contributed by atoms with Gasteiger partial charge in [0.2, 0.25) is 0 Å². The number of halogens is 1. The SMILES string of the molecule is CC(F)(CNc1ccc(-c2ccc3cn[nH]c3c2)nn1)c1ccccn1. The first-order valence-electron chi connectivity index (χ1n) is 8.23. The monoisotopic (exact) mass is 348 g/mol. The molecule has 2 N–H and O–H groups in total. The number of hydrogen-bond donors (Lipinski definition) is 2. The molecule has 0 amide bonds. The number of nitrogens with one attached hydrogen (secondary N) is 2. The number of rotatable bonds is 5. The van der Waals surface area contributed by atoms with Crippen molar-refractivity contribution in [3.63, 3.8) is 0 Å². The Hall–Kier alpha value is -3.35. The van der Waals surface area contributed by atoms with Crippen LogP contribution in [0.2, 0.25) is 0 Å². The van der Waals surface area contributed by atoms with E-state index in [1.54, 1.807) is 36.7 Å². The van der Waals surface area contributed by atoms with Gasteiger partial charge in [-0.1, -0.05) is 18.2 Å². The summed E-state index contributed by atoms with van der Waals surface area (Å²) in [4.78, 5) is 4.08. The number of benzene rings is 1. The standard InChI is InChI=1S/C19H17FN6/c1-19(20,17-4-2-3-9-21-17)12-22-18-8-7-15(25-26-18)13-5-6-14-11-23-24-16(14)10-13/h2-11H,12H2,1H3,(H,22,26)(H,23,24). The molecular weight excluding hydrogens is 331 g/mol. The van der Waals surface area contributed by atoms with E-state index in [0.717, 1.165) is 22.2 Å². The highest BCUT2D eigenvalue weighted by atomic mass is 19.1. The first kappa shape index (κ1) is 16.1. The van der Waals surface area contributed by atoms with Crippen molar-refractivity contribution in [3.8, 4) is 11.3 Å². The van der Waals surface area contributed by atoms with E-state index in [9.17, 15) is 4.39 Å². The lowest BCUT2D eigenvalue weighted by atomic mass is 10.0. The first-order valence-corrected chi connectivity index (χ1v) is 8.23. The molecule has 3 aromatic heterocycles. The van der Waals surface area contributed by atoms with Crippen molar-refractivity contribution in [1.29, 1.82) is 0 Å². The topological polar surface area (TPSA) is 79.4 Å². The molecule has 0 aliphatic heterocycles. The molecule has 0 spiro atoms. The molecule has 0 aliphatic rings.